The molecule has 0 bridgehead atoms. The number of aromatic nitrogens is 2. The molecule has 0 aliphatic heterocycles. The summed E-state index contributed by atoms with van der Waals surface area (Å²) in [5.74, 6) is 0.348. The second-order valence-corrected chi connectivity index (χ2v) is 5.16. The Morgan fingerprint density at radius 1 is 1.43 bits per heavy atom. The molecule has 0 radical (unpaired) electrons. The maximum Gasteiger partial charge on any atom is 0.131 e. The van der Waals surface area contributed by atoms with E-state index in [1.54, 1.807) is 19.2 Å². The van der Waals surface area contributed by atoms with Crippen LogP contribution in [0.25, 0.3) is 0 Å². The molecule has 0 amide bonds. The van der Waals surface area contributed by atoms with Gasteiger partial charge in [0.2, 0.25) is 0 Å². The molecule has 0 saturated carbocycles. The molecule has 0 aliphatic rings. The summed E-state index contributed by atoms with van der Waals surface area (Å²) in [4.78, 5) is 0. The summed E-state index contributed by atoms with van der Waals surface area (Å²) in [5, 5.41) is 10.3. The average Bonchev–Trinajstić information content (AvgIpc) is 2.88. The largest absolute Gasteiger partial charge is 0.496 e. The van der Waals surface area contributed by atoms with Crippen molar-refractivity contribution in [1.29, 1.82) is 0 Å². The standard InChI is InChI=1S/C16H22FN3O/c1-11-13(10-19-20-11)6-5-9-18-12(2)16-14(17)7-4-8-15(16)21-3/h4,7-8,10,12,18H,5-6,9H2,1-3H3,(H,19,20)/t12-/m0/s1. The van der Waals surface area contributed by atoms with Crippen LogP contribution in [-0.2, 0) is 6.42 Å². The average molecular weight is 291 g/mol. The number of hydrogen-bond acceptors (Lipinski definition) is 3. The van der Waals surface area contributed by atoms with Crippen LogP contribution in [0.3, 0.4) is 0 Å². The van der Waals surface area contributed by atoms with Crippen LogP contribution in [-0.4, -0.2) is 23.9 Å². The number of H-pyrrole nitrogens is 1. The Kier molecular flexibility index (Phi) is 5.33. The van der Waals surface area contributed by atoms with Crippen molar-refractivity contribution in [2.45, 2.75) is 32.7 Å². The van der Waals surface area contributed by atoms with E-state index in [0.29, 0.717) is 11.3 Å². The van der Waals surface area contributed by atoms with Gasteiger partial charge in [0.15, 0.2) is 0 Å². The van der Waals surface area contributed by atoms with Crippen LogP contribution >= 0.6 is 0 Å². The Morgan fingerprint density at radius 2 is 2.24 bits per heavy atom. The van der Waals surface area contributed by atoms with Gasteiger partial charge in [-0.25, -0.2) is 4.39 Å². The van der Waals surface area contributed by atoms with Gasteiger partial charge in [-0.2, -0.15) is 5.10 Å². The number of nitrogens with zero attached hydrogens (tertiary/aromatic N) is 1. The molecule has 0 unspecified atom stereocenters. The van der Waals surface area contributed by atoms with E-state index in [1.807, 2.05) is 20.0 Å². The van der Waals surface area contributed by atoms with E-state index in [0.717, 1.165) is 25.1 Å². The van der Waals surface area contributed by atoms with Crippen molar-refractivity contribution in [3.05, 3.63) is 47.0 Å². The fourth-order valence-electron chi connectivity index (χ4n) is 2.44. The lowest BCUT2D eigenvalue weighted by Gasteiger charge is -2.18. The van der Waals surface area contributed by atoms with E-state index < -0.39 is 0 Å². The second-order valence-electron chi connectivity index (χ2n) is 5.16. The Bertz CT molecular complexity index is 583. The molecule has 1 heterocycles. The smallest absolute Gasteiger partial charge is 0.131 e. The molecule has 1 aromatic heterocycles. The molecular formula is C16H22FN3O. The van der Waals surface area contributed by atoms with Crippen molar-refractivity contribution >= 4 is 0 Å². The first-order valence-corrected chi connectivity index (χ1v) is 7.18. The number of nitrogens with one attached hydrogen (secondary N) is 2. The van der Waals surface area contributed by atoms with Gasteiger partial charge in [0.25, 0.3) is 0 Å². The summed E-state index contributed by atoms with van der Waals surface area (Å²) in [6.45, 7) is 4.77. The number of ether oxygens (including phenoxy) is 1. The normalized spacial score (nSPS) is 12.4. The zero-order chi connectivity index (χ0) is 15.2. The van der Waals surface area contributed by atoms with Gasteiger partial charge in [0, 0.05) is 17.3 Å². The van der Waals surface area contributed by atoms with Gasteiger partial charge in [-0.3, -0.25) is 5.10 Å². The fourth-order valence-corrected chi connectivity index (χ4v) is 2.44. The third-order valence-corrected chi connectivity index (χ3v) is 3.67. The van der Waals surface area contributed by atoms with Gasteiger partial charge in [0.1, 0.15) is 11.6 Å². The Balaban J connectivity index is 1.87. The molecule has 0 saturated heterocycles. The quantitative estimate of drug-likeness (QED) is 0.770. The zero-order valence-electron chi connectivity index (χ0n) is 12.7. The first-order valence-electron chi connectivity index (χ1n) is 7.18. The Labute approximate surface area is 124 Å². The molecule has 2 aromatic rings. The lowest BCUT2D eigenvalue weighted by molar-refractivity contribution is 0.393. The first kappa shape index (κ1) is 15.5. The van der Waals surface area contributed by atoms with E-state index in [-0.39, 0.29) is 11.9 Å². The number of halogens is 1. The van der Waals surface area contributed by atoms with Crippen LogP contribution in [0.1, 0.15) is 36.2 Å². The summed E-state index contributed by atoms with van der Waals surface area (Å²) < 4.78 is 19.2. The summed E-state index contributed by atoms with van der Waals surface area (Å²) in [7, 11) is 1.56. The third-order valence-electron chi connectivity index (χ3n) is 3.67. The minimum absolute atomic E-state index is 0.0911. The van der Waals surface area contributed by atoms with Crippen molar-refractivity contribution in [3.63, 3.8) is 0 Å². The Hall–Kier alpha value is -1.88. The highest BCUT2D eigenvalue weighted by molar-refractivity contribution is 5.36. The van der Waals surface area contributed by atoms with E-state index in [2.05, 4.69) is 15.5 Å². The number of aryl methyl sites for hydroxylation is 2. The van der Waals surface area contributed by atoms with E-state index in [1.165, 1.54) is 11.6 Å². The van der Waals surface area contributed by atoms with Crippen LogP contribution < -0.4 is 10.1 Å². The number of methoxy groups -OCH3 is 1. The highest BCUT2D eigenvalue weighted by Gasteiger charge is 2.15. The molecule has 1 aromatic carbocycles. The lowest BCUT2D eigenvalue weighted by atomic mass is 10.1. The summed E-state index contributed by atoms with van der Waals surface area (Å²) >= 11 is 0. The van der Waals surface area contributed by atoms with Gasteiger partial charge >= 0.3 is 0 Å². The molecule has 0 spiro atoms. The second kappa shape index (κ2) is 7.22. The molecule has 5 heteroatoms. The lowest BCUT2D eigenvalue weighted by Crippen LogP contribution is -2.21. The van der Waals surface area contributed by atoms with Crippen LogP contribution in [0.15, 0.2) is 24.4 Å². The zero-order valence-corrected chi connectivity index (χ0v) is 12.7. The van der Waals surface area contributed by atoms with Crippen molar-refractivity contribution in [2.75, 3.05) is 13.7 Å². The van der Waals surface area contributed by atoms with Crippen molar-refractivity contribution in [2.24, 2.45) is 0 Å². The molecule has 1 atom stereocenters. The monoisotopic (exact) mass is 291 g/mol. The van der Waals surface area contributed by atoms with Crippen LogP contribution in [0, 0.1) is 12.7 Å². The van der Waals surface area contributed by atoms with E-state index in [9.17, 15) is 4.39 Å². The molecule has 2 N–H and O–H groups in total. The minimum atomic E-state index is -0.236. The summed E-state index contributed by atoms with van der Waals surface area (Å²) in [6, 6.07) is 4.81. The fraction of sp³-hybridized carbons (Fsp3) is 0.438. The van der Waals surface area contributed by atoms with Crippen molar-refractivity contribution in [3.8, 4) is 5.75 Å². The van der Waals surface area contributed by atoms with Gasteiger partial charge in [-0.05, 0) is 50.9 Å². The van der Waals surface area contributed by atoms with Crippen LogP contribution in [0.5, 0.6) is 5.75 Å². The van der Waals surface area contributed by atoms with Crippen LogP contribution in [0.4, 0.5) is 4.39 Å². The topological polar surface area (TPSA) is 49.9 Å². The summed E-state index contributed by atoms with van der Waals surface area (Å²) in [5.41, 5.74) is 2.92. The summed E-state index contributed by atoms with van der Waals surface area (Å²) in [6.07, 6.45) is 3.79. The maximum atomic E-state index is 13.9. The number of rotatable bonds is 7. The van der Waals surface area contributed by atoms with Gasteiger partial charge in [0.05, 0.1) is 13.3 Å². The Morgan fingerprint density at radius 3 is 2.90 bits per heavy atom. The van der Waals surface area contributed by atoms with E-state index >= 15 is 0 Å². The highest BCUT2D eigenvalue weighted by Crippen LogP contribution is 2.27. The molecular weight excluding hydrogens is 269 g/mol. The predicted octanol–water partition coefficient (Wildman–Crippen LogP) is 3.15. The SMILES string of the molecule is COc1cccc(F)c1[C@H](C)NCCCc1cn[nH]c1C. The number of benzene rings is 1. The van der Waals surface area contributed by atoms with E-state index in [4.69, 9.17) is 4.74 Å². The molecule has 21 heavy (non-hydrogen) atoms. The molecule has 2 rings (SSSR count). The number of hydrogen-bond donors (Lipinski definition) is 2. The van der Waals surface area contributed by atoms with Gasteiger partial charge in [-0.1, -0.05) is 6.07 Å². The number of aromatic amines is 1. The third kappa shape index (κ3) is 3.82. The minimum Gasteiger partial charge on any atom is -0.496 e. The predicted molar refractivity (Wildman–Crippen MR) is 81.0 cm³/mol. The van der Waals surface area contributed by atoms with Crippen LogP contribution in [0.2, 0.25) is 0 Å². The molecule has 4 nitrogen and oxygen atoms in total. The van der Waals surface area contributed by atoms with Gasteiger partial charge in [-0.15, -0.1) is 0 Å². The van der Waals surface area contributed by atoms with Crippen molar-refractivity contribution < 1.29 is 9.13 Å². The molecule has 0 aliphatic carbocycles. The molecule has 0 fully saturated rings. The highest BCUT2D eigenvalue weighted by atomic mass is 19.1. The molecule has 114 valence electrons. The first-order chi connectivity index (χ1) is 10.1. The maximum absolute atomic E-state index is 13.9. The van der Waals surface area contributed by atoms with Gasteiger partial charge < -0.3 is 10.1 Å². The van der Waals surface area contributed by atoms with Crippen molar-refractivity contribution in [1.82, 2.24) is 15.5 Å².